The predicted octanol–water partition coefficient (Wildman–Crippen LogP) is 1.65. The summed E-state index contributed by atoms with van der Waals surface area (Å²) in [5, 5.41) is 16.6. The number of fused-ring (bicyclic) bond motifs is 1. The van der Waals surface area contributed by atoms with Gasteiger partial charge in [0, 0.05) is 30.2 Å². The molecule has 3 aromatic rings. The summed E-state index contributed by atoms with van der Waals surface area (Å²) in [5.41, 5.74) is 1.43. The van der Waals surface area contributed by atoms with Crippen LogP contribution in [0.1, 0.15) is 43.6 Å². The van der Waals surface area contributed by atoms with E-state index in [1.165, 1.54) is 11.3 Å². The van der Waals surface area contributed by atoms with E-state index in [-0.39, 0.29) is 25.0 Å². The molecule has 0 radical (unpaired) electrons. The van der Waals surface area contributed by atoms with Crippen molar-refractivity contribution in [3.8, 4) is 0 Å². The first kappa shape index (κ1) is 20.8. The number of carbonyl (C=O) groups excluding carboxylic acids is 2. The number of rotatable bonds is 6. The van der Waals surface area contributed by atoms with Gasteiger partial charge in [-0.1, -0.05) is 17.5 Å². The van der Waals surface area contributed by atoms with Gasteiger partial charge in [-0.15, -0.1) is 16.4 Å². The number of hydrogen-bond acceptors (Lipinski definition) is 9. The molecular weight excluding hydrogens is 426 g/mol. The molecule has 0 bridgehead atoms. The van der Waals surface area contributed by atoms with E-state index < -0.39 is 6.10 Å². The summed E-state index contributed by atoms with van der Waals surface area (Å²) >= 11 is 2.39. The van der Waals surface area contributed by atoms with Crippen molar-refractivity contribution in [3.63, 3.8) is 0 Å². The number of nitrogens with zero attached hydrogens (tertiary/aromatic N) is 4. The van der Waals surface area contributed by atoms with Gasteiger partial charge in [0.2, 0.25) is 0 Å². The number of aliphatic hydroxyl groups excluding tert-OH is 1. The highest BCUT2D eigenvalue weighted by molar-refractivity contribution is 7.20. The van der Waals surface area contributed by atoms with Crippen LogP contribution in [-0.2, 0) is 11.2 Å². The van der Waals surface area contributed by atoms with Gasteiger partial charge in [-0.05, 0) is 24.0 Å². The number of amides is 2. The van der Waals surface area contributed by atoms with Crippen LogP contribution in [0.2, 0.25) is 0 Å². The lowest BCUT2D eigenvalue weighted by atomic mass is 10.0. The molecule has 0 aromatic carbocycles. The molecule has 1 saturated heterocycles. The Morgan fingerprint density at radius 1 is 1.40 bits per heavy atom. The first-order chi connectivity index (χ1) is 14.6. The number of aryl methyl sites for hydroxylation is 1. The molecule has 1 atom stereocenters. The highest BCUT2D eigenvalue weighted by Crippen LogP contribution is 2.37. The maximum Gasteiger partial charge on any atom is 0.267 e. The second kappa shape index (κ2) is 9.13. The lowest BCUT2D eigenvalue weighted by molar-refractivity contribution is -0.0221. The second-order valence-corrected chi connectivity index (χ2v) is 8.45. The number of carbonyl (C=O) groups is 2. The van der Waals surface area contributed by atoms with Crippen molar-refractivity contribution in [2.75, 3.05) is 32.8 Å². The van der Waals surface area contributed by atoms with Gasteiger partial charge < -0.3 is 20.1 Å². The van der Waals surface area contributed by atoms with E-state index >= 15 is 0 Å². The van der Waals surface area contributed by atoms with Crippen LogP contribution in [0.4, 0.5) is 0 Å². The summed E-state index contributed by atoms with van der Waals surface area (Å²) in [6.07, 6.45) is 1.86. The topological polar surface area (TPSA) is 118 Å². The minimum Gasteiger partial charge on any atom is -0.395 e. The molecule has 30 heavy (non-hydrogen) atoms. The first-order valence-electron chi connectivity index (χ1n) is 9.62. The molecule has 1 aliphatic heterocycles. The van der Waals surface area contributed by atoms with Crippen molar-refractivity contribution in [1.82, 2.24) is 24.8 Å². The molecule has 4 rings (SSSR count). The molecule has 0 unspecified atom stereocenters. The number of aliphatic hydroxyl groups is 1. The molecule has 158 valence electrons. The van der Waals surface area contributed by atoms with Crippen molar-refractivity contribution < 1.29 is 19.4 Å². The molecule has 3 aromatic heterocycles. The molecule has 9 nitrogen and oxygen atoms in total. The number of morpholine rings is 1. The zero-order chi connectivity index (χ0) is 21.1. The Morgan fingerprint density at radius 3 is 3.07 bits per heavy atom. The zero-order valence-electron chi connectivity index (χ0n) is 16.3. The minimum atomic E-state index is -0.457. The monoisotopic (exact) mass is 447 g/mol. The van der Waals surface area contributed by atoms with E-state index in [2.05, 4.69) is 19.9 Å². The van der Waals surface area contributed by atoms with Crippen LogP contribution >= 0.6 is 22.9 Å². The van der Waals surface area contributed by atoms with Crippen LogP contribution in [-0.4, -0.2) is 69.2 Å². The van der Waals surface area contributed by atoms with Crippen molar-refractivity contribution in [2.24, 2.45) is 0 Å². The van der Waals surface area contributed by atoms with Crippen molar-refractivity contribution >= 4 is 44.9 Å². The molecular formula is C19H21N5O4S2. The molecule has 0 spiro atoms. The SMILES string of the molecule is CCc1nnsc1C(=O)N1CCO[C@@H](c2c(C(=O)NCCO)sc3ncccc23)C1. The Bertz CT molecular complexity index is 1070. The summed E-state index contributed by atoms with van der Waals surface area (Å²) in [6.45, 7) is 3.10. The van der Waals surface area contributed by atoms with Crippen molar-refractivity contribution in [2.45, 2.75) is 19.4 Å². The molecule has 1 aliphatic rings. The average Bonchev–Trinajstić information content (AvgIpc) is 3.41. The number of thiophene rings is 1. The van der Waals surface area contributed by atoms with Crippen molar-refractivity contribution in [1.29, 1.82) is 0 Å². The predicted molar refractivity (Wildman–Crippen MR) is 113 cm³/mol. The quantitative estimate of drug-likeness (QED) is 0.590. The third-order valence-electron chi connectivity index (χ3n) is 4.87. The van der Waals surface area contributed by atoms with E-state index in [1.54, 1.807) is 11.1 Å². The third kappa shape index (κ3) is 3.93. The number of ether oxygens (including phenoxy) is 1. The van der Waals surface area contributed by atoms with Gasteiger partial charge in [-0.25, -0.2) is 4.98 Å². The first-order valence-corrected chi connectivity index (χ1v) is 11.2. The molecule has 4 heterocycles. The summed E-state index contributed by atoms with van der Waals surface area (Å²) in [6, 6.07) is 3.72. The number of aromatic nitrogens is 3. The van der Waals surface area contributed by atoms with Gasteiger partial charge >= 0.3 is 0 Å². The van der Waals surface area contributed by atoms with E-state index in [0.717, 1.165) is 27.3 Å². The maximum atomic E-state index is 13.1. The van der Waals surface area contributed by atoms with Crippen LogP contribution < -0.4 is 5.32 Å². The number of hydrogen-bond donors (Lipinski definition) is 2. The zero-order valence-corrected chi connectivity index (χ0v) is 18.0. The van der Waals surface area contributed by atoms with E-state index in [4.69, 9.17) is 9.84 Å². The standard InChI is InChI=1S/C19H21N5O4S2/c1-2-12-15(30-23-22-12)19(27)24-7-9-28-13(10-24)14-11-4-3-5-21-18(11)29-16(14)17(26)20-6-8-25/h3-5,13,25H,2,6-10H2,1H3,(H,20,26)/t13-/m1/s1. The van der Waals surface area contributed by atoms with E-state index in [1.807, 2.05) is 19.1 Å². The summed E-state index contributed by atoms with van der Waals surface area (Å²) < 4.78 is 9.93. The molecule has 11 heteroatoms. The fourth-order valence-electron chi connectivity index (χ4n) is 3.44. The Hall–Kier alpha value is -2.47. The highest BCUT2D eigenvalue weighted by atomic mass is 32.1. The second-order valence-electron chi connectivity index (χ2n) is 6.69. The molecule has 1 fully saturated rings. The number of pyridine rings is 1. The minimum absolute atomic E-state index is 0.112. The molecule has 0 aliphatic carbocycles. The summed E-state index contributed by atoms with van der Waals surface area (Å²) in [4.78, 5) is 33.7. The Labute approximate surface area is 180 Å². The molecule has 2 amide bonds. The number of nitrogens with one attached hydrogen (secondary N) is 1. The van der Waals surface area contributed by atoms with Crippen LogP contribution in [0.25, 0.3) is 10.2 Å². The Kier molecular flexibility index (Phi) is 6.32. The van der Waals surface area contributed by atoms with E-state index in [0.29, 0.717) is 41.6 Å². The van der Waals surface area contributed by atoms with Gasteiger partial charge in [0.1, 0.15) is 20.7 Å². The van der Waals surface area contributed by atoms with Gasteiger partial charge in [0.05, 0.1) is 25.5 Å². The maximum absolute atomic E-state index is 13.1. The largest absolute Gasteiger partial charge is 0.395 e. The Balaban J connectivity index is 1.66. The van der Waals surface area contributed by atoms with Crippen LogP contribution in [0.5, 0.6) is 0 Å². The van der Waals surface area contributed by atoms with E-state index in [9.17, 15) is 9.59 Å². The summed E-state index contributed by atoms with van der Waals surface area (Å²) in [7, 11) is 0. The van der Waals surface area contributed by atoms with Gasteiger partial charge in [-0.2, -0.15) is 0 Å². The Morgan fingerprint density at radius 2 is 2.27 bits per heavy atom. The van der Waals surface area contributed by atoms with Crippen molar-refractivity contribution in [3.05, 3.63) is 39.3 Å². The molecule has 2 N–H and O–H groups in total. The smallest absolute Gasteiger partial charge is 0.267 e. The average molecular weight is 448 g/mol. The molecule has 0 saturated carbocycles. The lowest BCUT2D eigenvalue weighted by Crippen LogP contribution is -2.42. The third-order valence-corrected chi connectivity index (χ3v) is 6.75. The lowest BCUT2D eigenvalue weighted by Gasteiger charge is -2.33. The normalized spacial score (nSPS) is 16.7. The van der Waals surface area contributed by atoms with Crippen LogP contribution in [0, 0.1) is 0 Å². The van der Waals surface area contributed by atoms with Crippen LogP contribution in [0.3, 0.4) is 0 Å². The summed E-state index contributed by atoms with van der Waals surface area (Å²) in [5.74, 6) is -0.395. The fourth-order valence-corrected chi connectivity index (χ4v) is 5.27. The van der Waals surface area contributed by atoms with Gasteiger partial charge in [0.15, 0.2) is 0 Å². The fraction of sp³-hybridized carbons (Fsp3) is 0.421. The van der Waals surface area contributed by atoms with Crippen LogP contribution in [0.15, 0.2) is 18.3 Å². The highest BCUT2D eigenvalue weighted by Gasteiger charge is 2.33. The van der Waals surface area contributed by atoms with Gasteiger partial charge in [0.25, 0.3) is 11.8 Å². The van der Waals surface area contributed by atoms with Gasteiger partial charge in [-0.3, -0.25) is 9.59 Å².